The maximum Gasteiger partial charge on any atom is 0.407 e. The fourth-order valence-corrected chi connectivity index (χ4v) is 10.9. The van der Waals surface area contributed by atoms with Gasteiger partial charge in [-0.2, -0.15) is 0 Å². The number of unbranched alkanes of at least 4 members (excludes halogenated alkanes) is 1. The Labute approximate surface area is 496 Å². The van der Waals surface area contributed by atoms with Crippen molar-refractivity contribution in [1.82, 2.24) is 30.5 Å². The minimum atomic E-state index is -0.970. The van der Waals surface area contributed by atoms with Crippen LogP contribution in [0.2, 0.25) is 0 Å². The van der Waals surface area contributed by atoms with Crippen molar-refractivity contribution in [3.8, 4) is 11.1 Å². The molecule has 1 aliphatic rings. The number of hydrogen-bond acceptors (Lipinski definition) is 12. The zero-order valence-corrected chi connectivity index (χ0v) is 49.2. The quantitative estimate of drug-likeness (QED) is 0.0131. The second-order valence-electron chi connectivity index (χ2n) is 22.3. The van der Waals surface area contributed by atoms with E-state index in [0.717, 1.165) is 74.9 Å². The van der Waals surface area contributed by atoms with Gasteiger partial charge in [0.05, 0.1) is 23.6 Å². The molecule has 10 N–H and O–H groups in total. The first-order valence-electron chi connectivity index (χ1n) is 29.4. The molecule has 4 amide bonds. The number of nitrogens with zero attached hydrogens (tertiary/aromatic N) is 4. The van der Waals surface area contributed by atoms with Gasteiger partial charge in [0.15, 0.2) is 23.3 Å². The van der Waals surface area contributed by atoms with Crippen LogP contribution in [0.25, 0.3) is 33.1 Å². The molecule has 5 aromatic carbocycles. The minimum Gasteiger partial charge on any atom is -0.449 e. The summed E-state index contributed by atoms with van der Waals surface area (Å²) in [4.78, 5) is 95.1. The normalized spacial score (nSPS) is 13.2. The molecule has 19 nitrogen and oxygen atoms in total. The molecule has 446 valence electrons. The molecular formula is C66H79N11O8. The average Bonchev–Trinajstić information content (AvgIpc) is 3.30. The van der Waals surface area contributed by atoms with Crippen LogP contribution in [0, 0.1) is 23.7 Å². The Morgan fingerprint density at radius 1 is 0.718 bits per heavy atom. The Morgan fingerprint density at radius 2 is 1.36 bits per heavy atom. The largest absolute Gasteiger partial charge is 0.449 e. The first-order chi connectivity index (χ1) is 41.0. The first kappa shape index (κ1) is 61.9. The van der Waals surface area contributed by atoms with Gasteiger partial charge in [0, 0.05) is 67.7 Å². The molecule has 7 aromatic rings. The van der Waals surface area contributed by atoms with E-state index in [1.54, 1.807) is 38.1 Å². The van der Waals surface area contributed by atoms with Crippen LogP contribution in [-0.4, -0.2) is 81.8 Å². The zero-order valence-electron chi connectivity index (χ0n) is 49.2. The molecule has 0 radical (unpaired) electrons. The Hall–Kier alpha value is -9.13. The van der Waals surface area contributed by atoms with Crippen LogP contribution in [0.1, 0.15) is 119 Å². The van der Waals surface area contributed by atoms with E-state index in [0.29, 0.717) is 42.0 Å². The molecule has 0 fully saturated rings. The fraction of sp³-hybridized carbons (Fsp3) is 0.379. The van der Waals surface area contributed by atoms with Crippen LogP contribution in [0.4, 0.5) is 21.1 Å². The van der Waals surface area contributed by atoms with Crippen molar-refractivity contribution in [2.45, 2.75) is 118 Å². The van der Waals surface area contributed by atoms with Crippen molar-refractivity contribution in [2.24, 2.45) is 40.1 Å². The lowest BCUT2D eigenvalue weighted by molar-refractivity contribution is -0.135. The molecule has 0 spiro atoms. The van der Waals surface area contributed by atoms with E-state index in [9.17, 15) is 28.8 Å². The van der Waals surface area contributed by atoms with Crippen molar-refractivity contribution in [3.05, 3.63) is 155 Å². The predicted molar refractivity (Wildman–Crippen MR) is 331 cm³/mol. The number of pyridine rings is 1. The number of aromatic nitrogens is 3. The highest BCUT2D eigenvalue weighted by molar-refractivity contribution is 6.06. The van der Waals surface area contributed by atoms with Crippen LogP contribution in [0.5, 0.6) is 0 Å². The number of para-hydroxylation sites is 1. The van der Waals surface area contributed by atoms with Gasteiger partial charge in [-0.05, 0) is 88.2 Å². The van der Waals surface area contributed by atoms with Gasteiger partial charge in [-0.15, -0.1) is 0 Å². The number of fused-ring (bicyclic) bond motifs is 6. The Kier molecular flexibility index (Phi) is 21.4. The second kappa shape index (κ2) is 29.4. The highest BCUT2D eigenvalue weighted by atomic mass is 16.6. The number of nitrogen functional groups attached to an aromatic ring is 1. The Balaban J connectivity index is 0.810. The number of ether oxygens (including phenoxy) is 2. The molecule has 1 unspecified atom stereocenters. The molecule has 0 saturated carbocycles. The third-order valence-corrected chi connectivity index (χ3v) is 15.9. The Bertz CT molecular complexity index is 3480. The van der Waals surface area contributed by atoms with Crippen molar-refractivity contribution >= 4 is 75.0 Å². The second-order valence-corrected chi connectivity index (χ2v) is 22.3. The highest BCUT2D eigenvalue weighted by Crippen LogP contribution is 2.44. The van der Waals surface area contributed by atoms with Gasteiger partial charge < -0.3 is 52.5 Å². The number of anilines is 2. The molecule has 0 bridgehead atoms. The number of ketones is 2. The van der Waals surface area contributed by atoms with Crippen LogP contribution < -0.4 is 38.5 Å². The van der Waals surface area contributed by atoms with Crippen LogP contribution in [0.3, 0.4) is 0 Å². The number of aliphatic imine (C=N–C) groups is 1. The summed E-state index contributed by atoms with van der Waals surface area (Å²) in [5.41, 5.74) is 27.5. The smallest absolute Gasteiger partial charge is 0.407 e. The number of rotatable bonds is 29. The first-order valence-corrected chi connectivity index (χ1v) is 29.4. The molecule has 19 heteroatoms. The third-order valence-electron chi connectivity index (χ3n) is 15.9. The maximum absolute atomic E-state index is 14.2. The Morgan fingerprint density at radius 3 is 2.04 bits per heavy atom. The van der Waals surface area contributed by atoms with E-state index in [2.05, 4.69) is 48.8 Å². The van der Waals surface area contributed by atoms with Gasteiger partial charge in [-0.3, -0.25) is 24.2 Å². The SMILES string of the molecule is CCCCc1nc2c(N)nc3ccccc3c2n1Cc1ccc(CNC(=O)OCc2ccc(NC(=O)[C@H](CCCN=C(N)N)CC(=O)[C@@H](NC(=O)[C@H](CC(=O)CNC(=O)OCC3c4ccccc4-c4ccccc43)C(C)CC)C(C)C)cc2)cc1. The van der Waals surface area contributed by atoms with E-state index in [1.807, 2.05) is 105 Å². The van der Waals surface area contributed by atoms with E-state index < -0.39 is 41.9 Å². The molecule has 8 rings (SSSR count). The molecule has 4 atom stereocenters. The number of nitrogens with two attached hydrogens (primary N) is 3. The van der Waals surface area contributed by atoms with Crippen molar-refractivity contribution < 1.29 is 38.2 Å². The number of amides is 4. The van der Waals surface area contributed by atoms with E-state index in [-0.39, 0.29) is 87.4 Å². The maximum atomic E-state index is 14.2. The summed E-state index contributed by atoms with van der Waals surface area (Å²) < 4.78 is 13.4. The minimum absolute atomic E-state index is 0.0264. The van der Waals surface area contributed by atoms with Crippen molar-refractivity contribution in [1.29, 1.82) is 0 Å². The van der Waals surface area contributed by atoms with Gasteiger partial charge in [-0.1, -0.05) is 151 Å². The van der Waals surface area contributed by atoms with Crippen LogP contribution in [0.15, 0.2) is 126 Å². The average molecular weight is 1150 g/mol. The predicted octanol–water partition coefficient (Wildman–Crippen LogP) is 9.85. The van der Waals surface area contributed by atoms with Crippen molar-refractivity contribution in [2.75, 3.05) is 30.7 Å². The molecular weight excluding hydrogens is 1070 g/mol. The van der Waals surface area contributed by atoms with E-state index in [1.165, 1.54) is 0 Å². The van der Waals surface area contributed by atoms with E-state index in [4.69, 9.17) is 31.7 Å². The molecule has 0 saturated heterocycles. The summed E-state index contributed by atoms with van der Waals surface area (Å²) in [7, 11) is 0. The number of nitrogens with one attached hydrogen (secondary N) is 4. The molecule has 2 heterocycles. The third kappa shape index (κ3) is 16.2. The molecule has 85 heavy (non-hydrogen) atoms. The standard InChI is InChI=1S/C66H79N11O8/c1-6-8-23-57-75-59-60(52-21-13-14-22-55(52)74-61(59)67)77(57)37-43-26-24-42(25-27-43)35-71-65(82)84-38-44-28-30-46(31-29-44)73-62(80)45(16-15-32-70-64(68)69)33-56(79)58(40(3)4)76-63(81)53(41(5)7-2)34-47(78)36-72-66(83)85-39-54-50-19-11-9-17-48(50)49-18-10-12-20-51(49)54/h9-14,17-22,24-31,40-41,45,53-54,58H,6-8,15-16,23,32-39H2,1-5H3,(H2,67,74)(H,71,82)(H,72,83)(H,73,80)(H,76,81)(H4,68,69,70)/t41?,45-,53-,58+/m1/s1. The summed E-state index contributed by atoms with van der Waals surface area (Å²) in [5, 5.41) is 12.2. The van der Waals surface area contributed by atoms with Gasteiger partial charge in [0.2, 0.25) is 11.8 Å². The van der Waals surface area contributed by atoms with E-state index >= 15 is 0 Å². The summed E-state index contributed by atoms with van der Waals surface area (Å²) in [6.45, 7) is 10.3. The lowest BCUT2D eigenvalue weighted by Gasteiger charge is -2.28. The number of carbonyl (C=O) groups is 6. The van der Waals surface area contributed by atoms with Gasteiger partial charge in [-0.25, -0.2) is 19.6 Å². The number of alkyl carbamates (subject to hydrolysis) is 2. The number of Topliss-reactive ketones (excluding diaryl/α,β-unsaturated/α-hetero) is 2. The van der Waals surface area contributed by atoms with Crippen LogP contribution in [-0.2, 0) is 54.8 Å². The number of aryl methyl sites for hydroxylation is 1. The summed E-state index contributed by atoms with van der Waals surface area (Å²) >= 11 is 0. The number of benzene rings is 5. The number of guanidine groups is 1. The monoisotopic (exact) mass is 1150 g/mol. The highest BCUT2D eigenvalue weighted by Gasteiger charge is 2.34. The number of hydrogen-bond donors (Lipinski definition) is 7. The lowest BCUT2D eigenvalue weighted by atomic mass is 9.85. The zero-order chi connectivity index (χ0) is 60.6. The van der Waals surface area contributed by atoms with Gasteiger partial charge >= 0.3 is 12.2 Å². The van der Waals surface area contributed by atoms with Gasteiger partial charge in [0.25, 0.3) is 0 Å². The number of imidazole rings is 1. The van der Waals surface area contributed by atoms with Crippen LogP contribution >= 0.6 is 0 Å². The van der Waals surface area contributed by atoms with Gasteiger partial charge in [0.1, 0.15) is 24.6 Å². The lowest BCUT2D eigenvalue weighted by Crippen LogP contribution is -2.49. The fourth-order valence-electron chi connectivity index (χ4n) is 10.9. The summed E-state index contributed by atoms with van der Waals surface area (Å²) in [5.74, 6) is -2.70. The summed E-state index contributed by atoms with van der Waals surface area (Å²) in [6.07, 6.45) is 2.35. The summed E-state index contributed by atoms with van der Waals surface area (Å²) in [6, 6.07) is 37.8. The molecule has 1 aliphatic carbocycles. The number of carbonyl (C=O) groups excluding carboxylic acids is 6. The molecule has 2 aromatic heterocycles. The topological polar surface area (TPSA) is 290 Å². The molecule has 0 aliphatic heterocycles. The van der Waals surface area contributed by atoms with Crippen molar-refractivity contribution in [3.63, 3.8) is 0 Å².